The first-order chi connectivity index (χ1) is 12.6. The largest absolute Gasteiger partial charge is 0.733 e. The molecular weight excluding hydrogens is 356 g/mol. The summed E-state index contributed by atoms with van der Waals surface area (Å²) in [6.45, 7) is 0. The van der Waals surface area contributed by atoms with Crippen LogP contribution in [0.3, 0.4) is 0 Å². The molecule has 0 aliphatic carbocycles. The molecule has 3 aromatic rings. The van der Waals surface area contributed by atoms with E-state index in [4.69, 9.17) is 9.62 Å². The number of anilines is 2. The molecule has 2 aromatic carbocycles. The van der Waals surface area contributed by atoms with Crippen LogP contribution in [0.4, 0.5) is 11.4 Å². The molecule has 2 N–H and O–H groups in total. The van der Waals surface area contributed by atoms with Crippen LogP contribution in [0.15, 0.2) is 64.2 Å². The second kappa shape index (κ2) is 8.48. The first-order valence-corrected chi connectivity index (χ1v) is 8.64. The van der Waals surface area contributed by atoms with Crippen molar-refractivity contribution >= 4 is 29.0 Å². The van der Waals surface area contributed by atoms with Gasteiger partial charge in [0.2, 0.25) is 11.8 Å². The van der Waals surface area contributed by atoms with Gasteiger partial charge in [0.1, 0.15) is 0 Å². The maximum atomic E-state index is 12.0. The molecule has 0 aliphatic rings. The summed E-state index contributed by atoms with van der Waals surface area (Å²) >= 11 is 1.14. The highest BCUT2D eigenvalue weighted by Gasteiger charge is 2.10. The van der Waals surface area contributed by atoms with Gasteiger partial charge < -0.3 is 20.2 Å². The van der Waals surface area contributed by atoms with Crippen LogP contribution in [0.25, 0.3) is 0 Å². The summed E-state index contributed by atoms with van der Waals surface area (Å²) < 4.78 is 5.52. The third kappa shape index (κ3) is 5.06. The van der Waals surface area contributed by atoms with Crippen molar-refractivity contribution in [2.45, 2.75) is 11.6 Å². The normalized spacial score (nSPS) is 10.5. The first kappa shape index (κ1) is 17.9. The van der Waals surface area contributed by atoms with E-state index in [-0.39, 0.29) is 22.6 Å². The van der Waals surface area contributed by atoms with Crippen LogP contribution in [0, 0.1) is 5.21 Å². The van der Waals surface area contributed by atoms with E-state index >= 15 is 0 Å². The number of carbonyl (C=O) groups excluding carboxylic acids is 1. The zero-order chi connectivity index (χ0) is 18.4. The van der Waals surface area contributed by atoms with Gasteiger partial charge >= 0.3 is 0 Å². The van der Waals surface area contributed by atoms with Gasteiger partial charge in [0.05, 0.1) is 17.9 Å². The lowest BCUT2D eigenvalue weighted by Crippen LogP contribution is -2.14. The standard InChI is InChI=1S/C17H15N4O4S/c22-15(18-13-6-8-14(9-7-13)21(23)24)11-26-17-20-19-16(25-17)10-12-4-2-1-3-5-12/h1-9,23H,10-11H2,(H,18,22)/q-1. The van der Waals surface area contributed by atoms with Crippen LogP contribution < -0.4 is 10.5 Å². The van der Waals surface area contributed by atoms with Crippen LogP contribution in [-0.4, -0.2) is 27.1 Å². The molecular formula is C17H15N4O4S-. The van der Waals surface area contributed by atoms with E-state index in [2.05, 4.69) is 15.5 Å². The number of rotatable bonds is 7. The van der Waals surface area contributed by atoms with Crippen molar-refractivity contribution in [3.05, 3.63) is 71.3 Å². The predicted molar refractivity (Wildman–Crippen MR) is 97.0 cm³/mol. The Bertz CT molecular complexity index is 853. The second-order valence-electron chi connectivity index (χ2n) is 5.28. The zero-order valence-corrected chi connectivity index (χ0v) is 14.3. The number of benzene rings is 2. The van der Waals surface area contributed by atoms with Gasteiger partial charge in [-0.1, -0.05) is 42.1 Å². The molecule has 0 unspecified atom stereocenters. The van der Waals surface area contributed by atoms with Gasteiger partial charge in [-0.15, -0.1) is 10.2 Å². The molecule has 1 amide bonds. The maximum Gasteiger partial charge on any atom is 0.277 e. The van der Waals surface area contributed by atoms with Crippen LogP contribution in [-0.2, 0) is 11.2 Å². The number of nitrogens with zero attached hydrogens (tertiary/aromatic N) is 3. The highest BCUT2D eigenvalue weighted by Crippen LogP contribution is 2.19. The summed E-state index contributed by atoms with van der Waals surface area (Å²) in [6, 6.07) is 15.6. The van der Waals surface area contributed by atoms with Crippen molar-refractivity contribution in [3.63, 3.8) is 0 Å². The van der Waals surface area contributed by atoms with Crippen LogP contribution in [0.1, 0.15) is 11.5 Å². The van der Waals surface area contributed by atoms with Gasteiger partial charge in [0, 0.05) is 5.69 Å². The molecule has 9 heteroatoms. The summed E-state index contributed by atoms with van der Waals surface area (Å²) in [6.07, 6.45) is 0.536. The third-order valence-corrected chi connectivity index (χ3v) is 4.16. The highest BCUT2D eigenvalue weighted by atomic mass is 32.2. The van der Waals surface area contributed by atoms with Gasteiger partial charge in [0.15, 0.2) is 0 Å². The lowest BCUT2D eigenvalue weighted by atomic mass is 10.2. The van der Waals surface area contributed by atoms with Crippen molar-refractivity contribution < 1.29 is 14.4 Å². The molecule has 0 bridgehead atoms. The average Bonchev–Trinajstić information content (AvgIpc) is 3.09. The van der Waals surface area contributed by atoms with Crippen molar-refractivity contribution in [2.24, 2.45) is 0 Å². The molecule has 26 heavy (non-hydrogen) atoms. The van der Waals surface area contributed by atoms with Crippen molar-refractivity contribution in [2.75, 3.05) is 16.3 Å². The quantitative estimate of drug-likeness (QED) is 0.481. The average molecular weight is 371 g/mol. The Morgan fingerprint density at radius 1 is 1.15 bits per heavy atom. The minimum absolute atomic E-state index is 0.0779. The lowest BCUT2D eigenvalue weighted by molar-refractivity contribution is -0.113. The van der Waals surface area contributed by atoms with E-state index in [1.165, 1.54) is 24.3 Å². The number of thioether (sulfide) groups is 1. The Morgan fingerprint density at radius 2 is 1.88 bits per heavy atom. The third-order valence-electron chi connectivity index (χ3n) is 3.35. The molecule has 1 heterocycles. The Labute approximate surface area is 153 Å². The van der Waals surface area contributed by atoms with E-state index < -0.39 is 0 Å². The van der Waals surface area contributed by atoms with Crippen molar-refractivity contribution in [3.8, 4) is 0 Å². The SMILES string of the molecule is O=C(CSc1nnc(Cc2ccccc2)o1)Nc1ccc(N([O-])O)cc1. The predicted octanol–water partition coefficient (Wildman–Crippen LogP) is 3.08. The fourth-order valence-corrected chi connectivity index (χ4v) is 2.72. The molecule has 0 aliphatic heterocycles. The lowest BCUT2D eigenvalue weighted by Gasteiger charge is -2.21. The topological polar surface area (TPSA) is 115 Å². The first-order valence-electron chi connectivity index (χ1n) is 7.65. The van der Waals surface area contributed by atoms with Crippen LogP contribution >= 0.6 is 11.8 Å². The number of nitrogens with one attached hydrogen (secondary N) is 1. The highest BCUT2D eigenvalue weighted by molar-refractivity contribution is 7.99. The smallest absolute Gasteiger partial charge is 0.277 e. The van der Waals surface area contributed by atoms with Gasteiger partial charge in [-0.05, 0) is 29.8 Å². The van der Waals surface area contributed by atoms with E-state index in [9.17, 15) is 10.0 Å². The van der Waals surface area contributed by atoms with E-state index in [0.29, 0.717) is 23.2 Å². The Hall–Kier alpha value is -2.88. The Balaban J connectivity index is 1.48. The molecule has 134 valence electrons. The fraction of sp³-hybridized carbons (Fsp3) is 0.118. The molecule has 0 spiro atoms. The summed E-state index contributed by atoms with van der Waals surface area (Å²) in [7, 11) is 0. The van der Waals surface area contributed by atoms with E-state index in [1.54, 1.807) is 0 Å². The summed E-state index contributed by atoms with van der Waals surface area (Å²) in [5.41, 5.74) is 1.65. The number of hydrogen-bond acceptors (Lipinski definition) is 8. The van der Waals surface area contributed by atoms with Crippen LogP contribution in [0.2, 0.25) is 0 Å². The van der Waals surface area contributed by atoms with Gasteiger partial charge in [-0.25, -0.2) is 0 Å². The Kier molecular flexibility index (Phi) is 5.84. The number of hydrogen-bond donors (Lipinski definition) is 2. The zero-order valence-electron chi connectivity index (χ0n) is 13.5. The van der Waals surface area contributed by atoms with Gasteiger partial charge in [-0.2, -0.15) is 0 Å². The fourth-order valence-electron chi connectivity index (χ4n) is 2.14. The molecule has 0 radical (unpaired) electrons. The van der Waals surface area contributed by atoms with Gasteiger partial charge in [-0.3, -0.25) is 10.0 Å². The number of amides is 1. The van der Waals surface area contributed by atoms with E-state index in [1.807, 2.05) is 30.3 Å². The van der Waals surface area contributed by atoms with Gasteiger partial charge in [0.25, 0.3) is 5.22 Å². The van der Waals surface area contributed by atoms with Crippen molar-refractivity contribution in [1.29, 1.82) is 0 Å². The minimum Gasteiger partial charge on any atom is -0.733 e. The molecule has 8 nitrogen and oxygen atoms in total. The number of aromatic nitrogens is 2. The Morgan fingerprint density at radius 3 is 2.58 bits per heavy atom. The molecule has 0 saturated heterocycles. The molecule has 0 saturated carbocycles. The summed E-state index contributed by atoms with van der Waals surface area (Å²) in [5.74, 6) is 0.331. The summed E-state index contributed by atoms with van der Waals surface area (Å²) in [4.78, 5) is 12.0. The molecule has 0 fully saturated rings. The van der Waals surface area contributed by atoms with Crippen LogP contribution in [0.5, 0.6) is 0 Å². The second-order valence-corrected chi connectivity index (χ2v) is 6.21. The monoisotopic (exact) mass is 371 g/mol. The maximum absolute atomic E-state index is 12.0. The van der Waals surface area contributed by atoms with Crippen molar-refractivity contribution in [1.82, 2.24) is 10.2 Å². The minimum atomic E-state index is -0.256. The molecule has 1 aromatic heterocycles. The van der Waals surface area contributed by atoms with E-state index in [0.717, 1.165) is 17.3 Å². The number of carbonyl (C=O) groups is 1. The summed E-state index contributed by atoms with van der Waals surface area (Å²) in [5, 5.41) is 30.1. The molecule has 0 atom stereocenters. The molecule has 3 rings (SSSR count).